The van der Waals surface area contributed by atoms with E-state index in [1.54, 1.807) is 13.0 Å². The molecule has 8 nitrogen and oxygen atoms in total. The third kappa shape index (κ3) is 13.6. The van der Waals surface area contributed by atoms with Gasteiger partial charge in [-0.1, -0.05) is 62.2 Å². The first-order chi connectivity index (χ1) is 18.0. The molecule has 0 aromatic heterocycles. The van der Waals surface area contributed by atoms with Crippen LogP contribution in [0.15, 0.2) is 67.2 Å². The van der Waals surface area contributed by atoms with E-state index < -0.39 is 10.9 Å². The van der Waals surface area contributed by atoms with Crippen molar-refractivity contribution >= 4 is 41.4 Å². The van der Waals surface area contributed by atoms with Crippen molar-refractivity contribution in [3.05, 3.63) is 83.6 Å². The van der Waals surface area contributed by atoms with Crippen LogP contribution in [0.4, 0.5) is 11.4 Å². The van der Waals surface area contributed by atoms with E-state index in [4.69, 9.17) is 33.8 Å². The number of allylic oxidation sites excluding steroid dienone is 4. The van der Waals surface area contributed by atoms with Crippen LogP contribution in [0, 0.1) is 12.3 Å². The fraction of sp³-hybridized carbons (Fsp3) is 0.414. The van der Waals surface area contributed by atoms with Crippen molar-refractivity contribution in [1.82, 2.24) is 4.90 Å². The minimum absolute atomic E-state index is 0.213. The molecule has 2 aromatic carbocycles. The Morgan fingerprint density at radius 3 is 1.95 bits per heavy atom. The summed E-state index contributed by atoms with van der Waals surface area (Å²) in [5.74, 6) is 5.32. The standard InChI is InChI=1S/C18H23Cl2NO2.C7H10N2O.C3H9N.CH2O/c1-7-13(20)11(3)12(8-10(2)19)17(18(4,5)6)21-14-9-15(22)16(14)23;1-5-3-2-4-6(9-8)7(5)10;1-4(2)3;1-2/h7-9,17,21H,1-6H3;2-4,9-10H,8H2,1H3;1-3H3;1H2/b10-8+,12-11+,13-7+;;;. The zero-order valence-electron chi connectivity index (χ0n) is 24.7. The highest BCUT2D eigenvalue weighted by molar-refractivity contribution is 6.32. The molecule has 5 N–H and O–H groups in total. The van der Waals surface area contributed by atoms with Gasteiger partial charge < -0.3 is 25.5 Å². The first kappa shape index (κ1) is 38.2. The summed E-state index contributed by atoms with van der Waals surface area (Å²) >= 11 is 12.4. The van der Waals surface area contributed by atoms with Crippen molar-refractivity contribution in [2.24, 2.45) is 11.3 Å². The van der Waals surface area contributed by atoms with Gasteiger partial charge in [-0.3, -0.25) is 15.4 Å². The van der Waals surface area contributed by atoms with Crippen molar-refractivity contribution in [3.63, 3.8) is 0 Å². The van der Waals surface area contributed by atoms with Gasteiger partial charge in [-0.15, -0.1) is 0 Å². The van der Waals surface area contributed by atoms with E-state index >= 15 is 0 Å². The summed E-state index contributed by atoms with van der Waals surface area (Å²) in [6.45, 7) is 15.5. The predicted octanol–water partition coefficient (Wildman–Crippen LogP) is 5.69. The van der Waals surface area contributed by atoms with Gasteiger partial charge in [0.1, 0.15) is 12.5 Å². The molecular weight excluding hydrogens is 539 g/mol. The molecule has 0 aliphatic rings. The monoisotopic (exact) mass is 582 g/mol. The van der Waals surface area contributed by atoms with E-state index in [-0.39, 0.29) is 17.2 Å². The molecule has 0 amide bonds. The topological polar surface area (TPSA) is 125 Å². The Hall–Kier alpha value is -2.91. The summed E-state index contributed by atoms with van der Waals surface area (Å²) in [5.41, 5.74) is 4.66. The minimum atomic E-state index is -0.486. The second-order valence-electron chi connectivity index (χ2n) is 10.1. The van der Waals surface area contributed by atoms with Crippen molar-refractivity contribution in [2.75, 3.05) is 31.9 Å². The Labute approximate surface area is 242 Å². The molecule has 0 bridgehead atoms. The number of phenolic OH excluding ortho intramolecular Hbond substituents is 1. The Balaban J connectivity index is 0. The maximum atomic E-state index is 11.7. The molecule has 0 fully saturated rings. The van der Waals surface area contributed by atoms with E-state index in [9.17, 15) is 14.7 Å². The number of nitrogens with one attached hydrogen (secondary N) is 2. The van der Waals surface area contributed by atoms with Crippen molar-refractivity contribution < 1.29 is 9.90 Å². The molecule has 10 heteroatoms. The number of hydrogen-bond acceptors (Lipinski definition) is 8. The van der Waals surface area contributed by atoms with Crippen LogP contribution < -0.4 is 27.4 Å². The molecule has 39 heavy (non-hydrogen) atoms. The van der Waals surface area contributed by atoms with Gasteiger partial charge in [0.2, 0.25) is 10.9 Å². The second-order valence-corrected chi connectivity index (χ2v) is 11.1. The number of phenols is 1. The number of nitrogens with zero attached hydrogens (tertiary/aromatic N) is 1. The lowest BCUT2D eigenvalue weighted by molar-refractivity contribution is -0.0980. The summed E-state index contributed by atoms with van der Waals surface area (Å²) in [4.78, 5) is 32.8. The lowest BCUT2D eigenvalue weighted by Gasteiger charge is -2.34. The lowest BCUT2D eigenvalue weighted by atomic mass is 9.80. The molecule has 0 saturated heterocycles. The Morgan fingerprint density at radius 2 is 1.62 bits per heavy atom. The first-order valence-electron chi connectivity index (χ1n) is 12.1. The Kier molecular flexibility index (Phi) is 18.0. The second kappa shape index (κ2) is 18.4. The molecule has 218 valence electrons. The molecule has 0 heterocycles. The highest BCUT2D eigenvalue weighted by atomic mass is 35.5. The van der Waals surface area contributed by atoms with Gasteiger partial charge in [0.25, 0.3) is 0 Å². The summed E-state index contributed by atoms with van der Waals surface area (Å²) in [6, 6.07) is 6.44. The SMILES string of the molecule is C=O.CN(C)C.C\C=C(Cl)/C(C)=C(\C=C(/C)Cl)C(Nc1cc(=O)c1=O)C(C)(C)C.Cc1cccc(NN)c1O. The molecule has 0 radical (unpaired) electrons. The average Bonchev–Trinajstić information content (AvgIpc) is 2.86. The van der Waals surface area contributed by atoms with Crippen LogP contribution >= 0.6 is 23.2 Å². The lowest BCUT2D eigenvalue weighted by Crippen LogP contribution is -2.42. The van der Waals surface area contributed by atoms with Crippen molar-refractivity contribution in [3.8, 4) is 5.75 Å². The fourth-order valence-electron chi connectivity index (χ4n) is 3.09. The van der Waals surface area contributed by atoms with Crippen LogP contribution in [0.2, 0.25) is 0 Å². The van der Waals surface area contributed by atoms with E-state index in [1.165, 1.54) is 6.07 Å². The number of carbonyl (C=O) groups excluding carboxylic acids is 1. The largest absolute Gasteiger partial charge is 0.505 e. The third-order valence-corrected chi connectivity index (χ3v) is 5.62. The summed E-state index contributed by atoms with van der Waals surface area (Å²) in [5, 5.41) is 13.7. The molecule has 2 aromatic rings. The number of nitrogen functional groups attached to an aromatic ring is 1. The number of benzene rings is 1. The number of hydrazine groups is 1. The van der Waals surface area contributed by atoms with Gasteiger partial charge in [-0.2, -0.15) is 0 Å². The Bertz CT molecular complexity index is 1200. The molecule has 0 saturated carbocycles. The third-order valence-electron chi connectivity index (χ3n) is 5.01. The molecule has 1 unspecified atom stereocenters. The number of nitrogens with two attached hydrogens (primary N) is 1. The molecular formula is C29H44Cl2N4O4. The maximum absolute atomic E-state index is 11.7. The summed E-state index contributed by atoms with van der Waals surface area (Å²) in [7, 11) is 6.00. The number of carbonyl (C=O) groups is 1. The number of rotatable bonds is 6. The van der Waals surface area contributed by atoms with E-state index in [0.29, 0.717) is 21.4 Å². The predicted molar refractivity (Wildman–Crippen MR) is 168 cm³/mol. The highest BCUT2D eigenvalue weighted by Gasteiger charge is 2.30. The number of aromatic hydroxyl groups is 1. The number of hydrogen-bond donors (Lipinski definition) is 4. The van der Waals surface area contributed by atoms with Gasteiger partial charge in [0.05, 0.1) is 17.4 Å². The minimum Gasteiger partial charge on any atom is -0.505 e. The highest BCUT2D eigenvalue weighted by Crippen LogP contribution is 2.33. The van der Waals surface area contributed by atoms with Crippen LogP contribution in [0.5, 0.6) is 5.75 Å². The van der Waals surface area contributed by atoms with Crippen LogP contribution in [-0.4, -0.2) is 44.0 Å². The summed E-state index contributed by atoms with van der Waals surface area (Å²) in [6.07, 6.45) is 3.66. The molecule has 2 rings (SSSR count). The van der Waals surface area contributed by atoms with Crippen LogP contribution in [0.1, 0.15) is 47.1 Å². The van der Waals surface area contributed by atoms with Gasteiger partial charge in [0, 0.05) is 16.1 Å². The fourth-order valence-corrected chi connectivity index (χ4v) is 3.32. The van der Waals surface area contributed by atoms with Crippen molar-refractivity contribution in [1.29, 1.82) is 0 Å². The van der Waals surface area contributed by atoms with Crippen LogP contribution in [0.25, 0.3) is 0 Å². The van der Waals surface area contributed by atoms with E-state index in [2.05, 4.69) is 10.7 Å². The number of aryl methyl sites for hydroxylation is 1. The van der Waals surface area contributed by atoms with Gasteiger partial charge in [-0.05, 0) is 83.1 Å². The van der Waals surface area contributed by atoms with Crippen LogP contribution in [-0.2, 0) is 4.79 Å². The Morgan fingerprint density at radius 1 is 1.10 bits per heavy atom. The zero-order chi connectivity index (χ0) is 31.1. The van der Waals surface area contributed by atoms with Gasteiger partial charge in [-0.25, -0.2) is 0 Å². The average molecular weight is 584 g/mol. The maximum Gasteiger partial charge on any atom is 0.248 e. The molecule has 1 atom stereocenters. The molecule has 0 aliphatic carbocycles. The van der Waals surface area contributed by atoms with Gasteiger partial charge >= 0.3 is 0 Å². The molecule has 0 aliphatic heterocycles. The van der Waals surface area contributed by atoms with Crippen molar-refractivity contribution in [2.45, 2.75) is 54.5 Å². The van der Waals surface area contributed by atoms with E-state index in [1.807, 2.05) is 98.7 Å². The molecule has 0 spiro atoms. The first-order valence-corrected chi connectivity index (χ1v) is 12.8. The summed E-state index contributed by atoms with van der Waals surface area (Å²) < 4.78 is 0. The number of halogens is 2. The zero-order valence-corrected chi connectivity index (χ0v) is 26.2. The van der Waals surface area contributed by atoms with Crippen LogP contribution in [0.3, 0.4) is 0 Å². The quantitative estimate of drug-likeness (QED) is 0.112. The van der Waals surface area contributed by atoms with Gasteiger partial charge in [0.15, 0.2) is 0 Å². The smallest absolute Gasteiger partial charge is 0.248 e. The van der Waals surface area contributed by atoms with E-state index in [0.717, 1.165) is 16.7 Å². The normalized spacial score (nSPS) is 13.1. The number of anilines is 2. The number of para-hydroxylation sites is 1.